The summed E-state index contributed by atoms with van der Waals surface area (Å²) < 4.78 is 27.2. The van der Waals surface area contributed by atoms with Crippen LogP contribution < -0.4 is 5.32 Å². The van der Waals surface area contributed by atoms with E-state index in [2.05, 4.69) is 10.3 Å². The van der Waals surface area contributed by atoms with Gasteiger partial charge >= 0.3 is 0 Å². The van der Waals surface area contributed by atoms with Crippen molar-refractivity contribution in [1.82, 2.24) is 4.98 Å². The average Bonchev–Trinajstić information content (AvgIpc) is 2.45. The fraction of sp³-hybridized carbons (Fsp3) is 0.143. The lowest BCUT2D eigenvalue weighted by molar-refractivity contribution is 0.507. The SMILES string of the molecule is CC(Nc1ccc(C#N)c(F)c1F)c1ccncc1. The maximum Gasteiger partial charge on any atom is 0.183 e. The normalized spacial score (nSPS) is 11.7. The predicted octanol–water partition coefficient (Wildman–Crippen LogP) is 3.40. The molecule has 0 radical (unpaired) electrons. The zero-order chi connectivity index (χ0) is 13.8. The summed E-state index contributed by atoms with van der Waals surface area (Å²) in [5.74, 6) is -2.17. The second kappa shape index (κ2) is 5.44. The Morgan fingerprint density at radius 1 is 1.16 bits per heavy atom. The van der Waals surface area contributed by atoms with Crippen molar-refractivity contribution in [3.05, 3.63) is 59.4 Å². The van der Waals surface area contributed by atoms with E-state index in [9.17, 15) is 8.78 Å². The van der Waals surface area contributed by atoms with Crippen molar-refractivity contribution in [2.45, 2.75) is 13.0 Å². The van der Waals surface area contributed by atoms with E-state index in [4.69, 9.17) is 5.26 Å². The van der Waals surface area contributed by atoms with Gasteiger partial charge < -0.3 is 5.32 Å². The van der Waals surface area contributed by atoms with E-state index in [1.165, 1.54) is 12.1 Å². The minimum absolute atomic E-state index is 0.0285. The predicted molar refractivity (Wildman–Crippen MR) is 67.3 cm³/mol. The van der Waals surface area contributed by atoms with Gasteiger partial charge in [0, 0.05) is 18.4 Å². The Labute approximate surface area is 109 Å². The Morgan fingerprint density at radius 2 is 1.84 bits per heavy atom. The van der Waals surface area contributed by atoms with Crippen LogP contribution in [0.5, 0.6) is 0 Å². The molecule has 0 fully saturated rings. The molecule has 0 aliphatic carbocycles. The Balaban J connectivity index is 2.26. The van der Waals surface area contributed by atoms with Crippen molar-refractivity contribution >= 4 is 5.69 Å². The van der Waals surface area contributed by atoms with Crippen molar-refractivity contribution in [3.8, 4) is 6.07 Å². The van der Waals surface area contributed by atoms with Gasteiger partial charge in [-0.1, -0.05) is 0 Å². The van der Waals surface area contributed by atoms with E-state index in [1.54, 1.807) is 30.6 Å². The van der Waals surface area contributed by atoms with E-state index in [0.29, 0.717) is 0 Å². The first-order chi connectivity index (χ1) is 9.13. The largest absolute Gasteiger partial charge is 0.376 e. The fourth-order valence-electron chi connectivity index (χ4n) is 1.72. The van der Waals surface area contributed by atoms with Crippen LogP contribution in [0.4, 0.5) is 14.5 Å². The summed E-state index contributed by atoms with van der Waals surface area (Å²) in [6.07, 6.45) is 3.26. The van der Waals surface area contributed by atoms with Gasteiger partial charge in [0.15, 0.2) is 11.6 Å². The molecule has 1 aromatic carbocycles. The minimum Gasteiger partial charge on any atom is -0.376 e. The highest BCUT2D eigenvalue weighted by Gasteiger charge is 2.15. The molecular formula is C14H11F2N3. The third kappa shape index (κ3) is 2.68. The summed E-state index contributed by atoms with van der Waals surface area (Å²) in [6, 6.07) is 7.57. The molecule has 2 rings (SSSR count). The molecule has 1 atom stereocenters. The number of hydrogen-bond acceptors (Lipinski definition) is 3. The van der Waals surface area contributed by atoms with Crippen molar-refractivity contribution < 1.29 is 8.78 Å². The van der Waals surface area contributed by atoms with Gasteiger partial charge in [-0.15, -0.1) is 0 Å². The van der Waals surface area contributed by atoms with Gasteiger partial charge in [0.05, 0.1) is 11.3 Å². The Bertz CT molecular complexity index is 621. The van der Waals surface area contributed by atoms with Gasteiger partial charge in [0.2, 0.25) is 0 Å². The van der Waals surface area contributed by atoms with Crippen LogP contribution in [0.25, 0.3) is 0 Å². The summed E-state index contributed by atoms with van der Waals surface area (Å²) in [5, 5.41) is 11.5. The molecular weight excluding hydrogens is 248 g/mol. The van der Waals surface area contributed by atoms with Gasteiger partial charge in [-0.2, -0.15) is 5.26 Å². The quantitative estimate of drug-likeness (QED) is 0.918. The van der Waals surface area contributed by atoms with Gasteiger partial charge in [0.25, 0.3) is 0 Å². The molecule has 96 valence electrons. The summed E-state index contributed by atoms with van der Waals surface area (Å²) in [5.41, 5.74) is 0.625. The fourth-order valence-corrected chi connectivity index (χ4v) is 1.72. The number of rotatable bonds is 3. The van der Waals surface area contributed by atoms with Crippen LogP contribution in [0.2, 0.25) is 0 Å². The highest BCUT2D eigenvalue weighted by Crippen LogP contribution is 2.24. The Kier molecular flexibility index (Phi) is 3.71. The summed E-state index contributed by atoms with van der Waals surface area (Å²) >= 11 is 0. The Morgan fingerprint density at radius 3 is 2.47 bits per heavy atom. The maximum absolute atomic E-state index is 13.7. The molecule has 1 unspecified atom stereocenters. The van der Waals surface area contributed by atoms with E-state index in [-0.39, 0.29) is 17.3 Å². The van der Waals surface area contributed by atoms with Crippen molar-refractivity contribution in [1.29, 1.82) is 5.26 Å². The number of anilines is 1. The monoisotopic (exact) mass is 259 g/mol. The van der Waals surface area contributed by atoms with Crippen molar-refractivity contribution in [3.63, 3.8) is 0 Å². The second-order valence-corrected chi connectivity index (χ2v) is 4.05. The van der Waals surface area contributed by atoms with Crippen LogP contribution in [0.1, 0.15) is 24.1 Å². The molecule has 2 aromatic rings. The van der Waals surface area contributed by atoms with E-state index >= 15 is 0 Å². The lowest BCUT2D eigenvalue weighted by atomic mass is 10.1. The number of nitrogens with one attached hydrogen (secondary N) is 1. The smallest absolute Gasteiger partial charge is 0.183 e. The Hall–Kier alpha value is -2.48. The van der Waals surface area contributed by atoms with Crippen LogP contribution in [0, 0.1) is 23.0 Å². The molecule has 0 bridgehead atoms. The molecule has 0 saturated carbocycles. The molecule has 0 spiro atoms. The first-order valence-electron chi connectivity index (χ1n) is 5.68. The number of pyridine rings is 1. The third-order valence-corrected chi connectivity index (χ3v) is 2.78. The molecule has 1 heterocycles. The van der Waals surface area contributed by atoms with Crippen molar-refractivity contribution in [2.24, 2.45) is 0 Å². The highest BCUT2D eigenvalue weighted by molar-refractivity contribution is 5.51. The van der Waals surface area contributed by atoms with Crippen LogP contribution >= 0.6 is 0 Å². The van der Waals surface area contributed by atoms with Gasteiger partial charge in [-0.05, 0) is 36.8 Å². The number of benzene rings is 1. The molecule has 0 amide bonds. The highest BCUT2D eigenvalue weighted by atomic mass is 19.2. The van der Waals surface area contributed by atoms with Gasteiger partial charge in [-0.25, -0.2) is 8.78 Å². The average molecular weight is 259 g/mol. The molecule has 0 aliphatic rings. The third-order valence-electron chi connectivity index (χ3n) is 2.78. The van der Waals surface area contributed by atoms with E-state index in [0.717, 1.165) is 5.56 Å². The summed E-state index contributed by atoms with van der Waals surface area (Å²) in [7, 11) is 0. The van der Waals surface area contributed by atoms with Crippen LogP contribution in [0.15, 0.2) is 36.7 Å². The minimum atomic E-state index is -1.13. The standard InChI is InChI=1S/C14H11F2N3/c1-9(10-4-6-18-7-5-10)19-12-3-2-11(8-17)13(15)14(12)16/h2-7,9,19H,1H3. The molecule has 0 aliphatic heterocycles. The number of hydrogen-bond donors (Lipinski definition) is 1. The van der Waals surface area contributed by atoms with E-state index in [1.807, 2.05) is 6.92 Å². The first kappa shape index (κ1) is 13.0. The number of halogens is 2. The second-order valence-electron chi connectivity index (χ2n) is 4.05. The molecule has 3 nitrogen and oxygen atoms in total. The first-order valence-corrected chi connectivity index (χ1v) is 5.68. The topological polar surface area (TPSA) is 48.7 Å². The van der Waals surface area contributed by atoms with Crippen LogP contribution in [-0.4, -0.2) is 4.98 Å². The van der Waals surface area contributed by atoms with Crippen LogP contribution in [0.3, 0.4) is 0 Å². The number of nitriles is 1. The zero-order valence-corrected chi connectivity index (χ0v) is 10.2. The molecule has 19 heavy (non-hydrogen) atoms. The zero-order valence-electron chi connectivity index (χ0n) is 10.2. The summed E-state index contributed by atoms with van der Waals surface area (Å²) in [6.45, 7) is 1.82. The molecule has 1 aromatic heterocycles. The number of nitrogens with zero attached hydrogens (tertiary/aromatic N) is 2. The lowest BCUT2D eigenvalue weighted by Gasteiger charge is -2.16. The maximum atomic E-state index is 13.7. The van der Waals surface area contributed by atoms with Gasteiger partial charge in [0.1, 0.15) is 6.07 Å². The lowest BCUT2D eigenvalue weighted by Crippen LogP contribution is -2.09. The molecule has 1 N–H and O–H groups in total. The molecule has 5 heteroatoms. The number of aromatic nitrogens is 1. The summed E-state index contributed by atoms with van der Waals surface area (Å²) in [4.78, 5) is 3.89. The van der Waals surface area contributed by atoms with Crippen molar-refractivity contribution in [2.75, 3.05) is 5.32 Å². The van der Waals surface area contributed by atoms with Crippen LogP contribution in [-0.2, 0) is 0 Å². The molecule has 0 saturated heterocycles. The van der Waals surface area contributed by atoms with E-state index < -0.39 is 11.6 Å². The van der Waals surface area contributed by atoms with Gasteiger partial charge in [-0.3, -0.25) is 4.98 Å².